The first-order valence-corrected chi connectivity index (χ1v) is 4.63. The molecule has 2 fully saturated rings. The number of likely N-dealkylation sites (tertiary alicyclic amines) is 1. The Morgan fingerprint density at radius 3 is 2.33 bits per heavy atom. The van der Waals surface area contributed by atoms with Gasteiger partial charge in [0.1, 0.15) is 0 Å². The maximum atomic E-state index is 4.40. The number of hydrogen-bond acceptors (Lipinski definition) is 1. The zero-order valence-electron chi connectivity index (χ0n) is 8.34. The fraction of sp³-hybridized carbons (Fsp3) is 1.00. The Morgan fingerprint density at radius 2 is 1.83 bits per heavy atom. The van der Waals surface area contributed by atoms with E-state index in [-0.39, 0.29) is 18.9 Å². The van der Waals surface area contributed by atoms with Crippen molar-refractivity contribution in [3.63, 3.8) is 0 Å². The molecule has 12 heavy (non-hydrogen) atoms. The Bertz CT molecular complexity index is 138. The molecule has 3 heteroatoms. The topological polar surface area (TPSA) is 17.3 Å². The Hall–Kier alpha value is 0.517. The fourth-order valence-corrected chi connectivity index (χ4v) is 2.44. The molecule has 0 aliphatic carbocycles. The predicted octanol–water partition coefficient (Wildman–Crippen LogP) is -1.52. The summed E-state index contributed by atoms with van der Waals surface area (Å²) < 4.78 is 0. The third kappa shape index (κ3) is 2.06. The van der Waals surface area contributed by atoms with E-state index in [1.165, 1.54) is 32.4 Å². The van der Waals surface area contributed by atoms with Gasteiger partial charge in [-0.1, -0.05) is 12.8 Å². The molecule has 0 atom stereocenters. The summed E-state index contributed by atoms with van der Waals surface area (Å²) in [5.41, 5.74) is 0.677. The number of piperidine rings is 1. The van der Waals surface area contributed by atoms with Gasteiger partial charge in [0.25, 0.3) is 0 Å². The summed E-state index contributed by atoms with van der Waals surface area (Å²) in [6.45, 7) is 4.87. The molecule has 0 N–H and O–H groups in total. The van der Waals surface area contributed by atoms with Crippen LogP contribution in [0.4, 0.5) is 0 Å². The van der Waals surface area contributed by atoms with Gasteiger partial charge in [-0.3, -0.25) is 0 Å². The average molecular weight is 160 g/mol. The number of nitrogens with zero attached hydrogens (tertiary/aromatic N) is 2. The molecule has 2 heterocycles. The quantitative estimate of drug-likeness (QED) is 0.393. The molecular formula is C9H17LiN2. The molecule has 0 aromatic carbocycles. The van der Waals surface area contributed by atoms with E-state index in [9.17, 15) is 0 Å². The molecule has 0 bridgehead atoms. The van der Waals surface area contributed by atoms with Crippen molar-refractivity contribution in [2.75, 3.05) is 33.2 Å². The normalized spacial score (nSPS) is 28.8. The van der Waals surface area contributed by atoms with E-state index in [0.29, 0.717) is 5.41 Å². The van der Waals surface area contributed by atoms with Crippen molar-refractivity contribution < 1.29 is 18.9 Å². The first-order valence-electron chi connectivity index (χ1n) is 4.63. The molecule has 2 nitrogen and oxygen atoms in total. The molecule has 0 amide bonds. The van der Waals surface area contributed by atoms with Crippen LogP contribution in [0, 0.1) is 5.41 Å². The van der Waals surface area contributed by atoms with Crippen molar-refractivity contribution in [2.24, 2.45) is 5.41 Å². The van der Waals surface area contributed by atoms with E-state index in [4.69, 9.17) is 0 Å². The van der Waals surface area contributed by atoms with Crippen molar-refractivity contribution in [1.82, 2.24) is 4.90 Å². The van der Waals surface area contributed by atoms with Crippen LogP contribution < -0.4 is 18.9 Å². The van der Waals surface area contributed by atoms with Crippen LogP contribution in [-0.2, 0) is 0 Å². The monoisotopic (exact) mass is 160 g/mol. The van der Waals surface area contributed by atoms with Gasteiger partial charge in [0.05, 0.1) is 0 Å². The van der Waals surface area contributed by atoms with Crippen LogP contribution >= 0.6 is 0 Å². The summed E-state index contributed by atoms with van der Waals surface area (Å²) in [7, 11) is 2.24. The summed E-state index contributed by atoms with van der Waals surface area (Å²) in [5.74, 6) is 0. The molecule has 2 saturated heterocycles. The minimum atomic E-state index is 0. The van der Waals surface area contributed by atoms with Crippen LogP contribution in [0.25, 0.3) is 5.32 Å². The fourth-order valence-electron chi connectivity index (χ4n) is 2.44. The van der Waals surface area contributed by atoms with E-state index < -0.39 is 0 Å². The van der Waals surface area contributed by atoms with Gasteiger partial charge in [0, 0.05) is 6.54 Å². The Labute approximate surface area is 87.3 Å². The molecule has 2 aliphatic heterocycles. The summed E-state index contributed by atoms with van der Waals surface area (Å²) in [4.78, 5) is 2.46. The maximum Gasteiger partial charge on any atom is 1.00 e. The summed E-state index contributed by atoms with van der Waals surface area (Å²) in [6.07, 6.45) is 4.10. The second-order valence-corrected chi connectivity index (χ2v) is 4.16. The smallest absolute Gasteiger partial charge is 0.662 e. The van der Waals surface area contributed by atoms with E-state index in [1.807, 2.05) is 0 Å². The third-order valence-corrected chi connectivity index (χ3v) is 3.23. The minimum Gasteiger partial charge on any atom is -0.662 e. The van der Waals surface area contributed by atoms with Gasteiger partial charge in [0.2, 0.25) is 0 Å². The van der Waals surface area contributed by atoms with E-state index in [1.54, 1.807) is 0 Å². The third-order valence-electron chi connectivity index (χ3n) is 3.23. The second kappa shape index (κ2) is 4.15. The zero-order chi connectivity index (χ0) is 7.73. The van der Waals surface area contributed by atoms with Crippen molar-refractivity contribution in [2.45, 2.75) is 19.3 Å². The Morgan fingerprint density at radius 1 is 1.17 bits per heavy atom. The molecule has 0 aromatic heterocycles. The molecule has 2 rings (SSSR count). The molecule has 64 valence electrons. The van der Waals surface area contributed by atoms with Crippen molar-refractivity contribution in [1.29, 1.82) is 0 Å². The van der Waals surface area contributed by atoms with Crippen LogP contribution in [0.3, 0.4) is 0 Å². The Kier molecular flexibility index (Phi) is 3.67. The molecular weight excluding hydrogens is 143 g/mol. The van der Waals surface area contributed by atoms with Gasteiger partial charge in [0.15, 0.2) is 0 Å². The summed E-state index contributed by atoms with van der Waals surface area (Å²) in [6, 6.07) is 0. The van der Waals surface area contributed by atoms with E-state index in [2.05, 4.69) is 17.3 Å². The molecule has 2 aliphatic rings. The average Bonchev–Trinajstić information content (AvgIpc) is 2.34. The minimum absolute atomic E-state index is 0. The summed E-state index contributed by atoms with van der Waals surface area (Å²) >= 11 is 0. The molecule has 1 spiro atoms. The summed E-state index contributed by atoms with van der Waals surface area (Å²) in [5, 5.41) is 4.40. The van der Waals surface area contributed by atoms with Crippen LogP contribution in [0.1, 0.15) is 19.3 Å². The SMILES string of the molecule is CN1CCC2(CC[N-]CC2)C1.[Li+]. The van der Waals surface area contributed by atoms with Crippen LogP contribution in [0.5, 0.6) is 0 Å². The van der Waals surface area contributed by atoms with Crippen LogP contribution in [-0.4, -0.2) is 38.1 Å². The van der Waals surface area contributed by atoms with E-state index >= 15 is 0 Å². The number of rotatable bonds is 0. The van der Waals surface area contributed by atoms with Gasteiger partial charge in [-0.2, -0.15) is 0 Å². The van der Waals surface area contributed by atoms with Crippen LogP contribution in [0.2, 0.25) is 0 Å². The largest absolute Gasteiger partial charge is 1.00 e. The van der Waals surface area contributed by atoms with Gasteiger partial charge < -0.3 is 10.2 Å². The van der Waals surface area contributed by atoms with Crippen molar-refractivity contribution in [3.05, 3.63) is 5.32 Å². The van der Waals surface area contributed by atoms with Gasteiger partial charge in [-0.25, -0.2) is 0 Å². The molecule has 0 aromatic rings. The first kappa shape index (κ1) is 10.6. The first-order chi connectivity index (χ1) is 5.31. The standard InChI is InChI=1S/C9H17N2.Li/c1-11-7-4-9(8-11)2-5-10-6-3-9;/h2-8H2,1H3;/q-1;+1. The van der Waals surface area contributed by atoms with Crippen LogP contribution in [0.15, 0.2) is 0 Å². The predicted molar refractivity (Wildman–Crippen MR) is 46.9 cm³/mol. The van der Waals surface area contributed by atoms with Gasteiger partial charge in [-0.15, -0.1) is 13.1 Å². The van der Waals surface area contributed by atoms with Gasteiger partial charge in [-0.05, 0) is 25.4 Å². The zero-order valence-corrected chi connectivity index (χ0v) is 8.34. The van der Waals surface area contributed by atoms with Gasteiger partial charge >= 0.3 is 18.9 Å². The van der Waals surface area contributed by atoms with Crippen molar-refractivity contribution >= 4 is 0 Å². The Balaban J connectivity index is 0.000000720. The molecule has 0 radical (unpaired) electrons. The second-order valence-electron chi connectivity index (χ2n) is 4.16. The molecule has 0 saturated carbocycles. The molecule has 0 unspecified atom stereocenters. The maximum absolute atomic E-state index is 4.40. The van der Waals surface area contributed by atoms with Crippen molar-refractivity contribution in [3.8, 4) is 0 Å². The number of hydrogen-bond donors (Lipinski definition) is 0. The van der Waals surface area contributed by atoms with E-state index in [0.717, 1.165) is 13.1 Å².